The monoisotopic (exact) mass is 432 g/mol. The maximum Gasteiger partial charge on any atom is 0.306 e. The van der Waals surface area contributed by atoms with Gasteiger partial charge in [0.15, 0.2) is 5.78 Å². The van der Waals surface area contributed by atoms with Crippen LogP contribution in [0.4, 0.5) is 0 Å². The summed E-state index contributed by atoms with van der Waals surface area (Å²) in [5, 5.41) is 9.73. The van der Waals surface area contributed by atoms with Crippen LogP contribution in [0.5, 0.6) is 0 Å². The van der Waals surface area contributed by atoms with Gasteiger partial charge in [-0.2, -0.15) is 0 Å². The van der Waals surface area contributed by atoms with Crippen LogP contribution in [0, 0.1) is 23.2 Å². The molecule has 0 radical (unpaired) electrons. The molecule has 4 aliphatic rings. The summed E-state index contributed by atoms with van der Waals surface area (Å²) < 4.78 is -0.559. The van der Waals surface area contributed by atoms with Crippen LogP contribution < -0.4 is 0 Å². The molecule has 27 heavy (non-hydrogen) atoms. The maximum absolute atomic E-state index is 12.5. The van der Waals surface area contributed by atoms with E-state index >= 15 is 0 Å². The molecule has 0 aromatic heterocycles. The Morgan fingerprint density at radius 1 is 1.11 bits per heavy atom. The highest BCUT2D eigenvalue weighted by Crippen LogP contribution is 2.67. The molecule has 5 rings (SSSR count). The summed E-state index contributed by atoms with van der Waals surface area (Å²) in [6.45, 7) is 5.67. The number of rotatable bonds is 5. The normalized spacial score (nSPS) is 35.9. The molecule has 4 aliphatic carbocycles. The molecule has 1 aromatic rings. The van der Waals surface area contributed by atoms with Crippen molar-refractivity contribution in [1.29, 1.82) is 0 Å². The molecule has 3 nitrogen and oxygen atoms in total. The third-order valence-electron chi connectivity index (χ3n) is 7.69. The quantitative estimate of drug-likeness (QED) is 0.486. The molecule has 4 heteroatoms. The number of hydrogen-bond donors (Lipinski definition) is 1. The highest BCUT2D eigenvalue weighted by atomic mass is 79.9. The average Bonchev–Trinajstić information content (AvgIpc) is 2.58. The third-order valence-corrected chi connectivity index (χ3v) is 8.05. The Balaban J connectivity index is 1.67. The summed E-state index contributed by atoms with van der Waals surface area (Å²) in [6.07, 6.45) is 6.76. The lowest BCUT2D eigenvalue weighted by atomic mass is 9.41. The summed E-state index contributed by atoms with van der Waals surface area (Å²) in [5.74, 6) is 0.465. The fourth-order valence-corrected chi connectivity index (χ4v) is 6.99. The molecule has 3 unspecified atom stereocenters. The van der Waals surface area contributed by atoms with Crippen LogP contribution in [0.15, 0.2) is 24.3 Å². The molecule has 0 amide bonds. The van der Waals surface area contributed by atoms with E-state index in [0.29, 0.717) is 11.8 Å². The number of ketones is 1. The van der Waals surface area contributed by atoms with Gasteiger partial charge in [0.2, 0.25) is 0 Å². The summed E-state index contributed by atoms with van der Waals surface area (Å²) in [7, 11) is 0. The number of carboxylic acid groups (broad SMARTS) is 1. The fourth-order valence-electron chi connectivity index (χ4n) is 6.76. The fraction of sp³-hybridized carbons (Fsp3) is 0.652. The molecule has 146 valence electrons. The van der Waals surface area contributed by atoms with E-state index in [1.165, 1.54) is 24.8 Å². The minimum absolute atomic E-state index is 0.0533. The largest absolute Gasteiger partial charge is 0.481 e. The predicted octanol–water partition coefficient (Wildman–Crippen LogP) is 5.60. The van der Waals surface area contributed by atoms with Crippen molar-refractivity contribution < 1.29 is 14.7 Å². The van der Waals surface area contributed by atoms with E-state index in [2.05, 4.69) is 28.1 Å². The van der Waals surface area contributed by atoms with Crippen LogP contribution >= 0.6 is 15.9 Å². The first-order chi connectivity index (χ1) is 12.5. The third kappa shape index (κ3) is 3.08. The second kappa shape index (κ2) is 6.17. The van der Waals surface area contributed by atoms with Crippen molar-refractivity contribution in [3.05, 3.63) is 35.4 Å². The van der Waals surface area contributed by atoms with E-state index < -0.39 is 10.3 Å². The van der Waals surface area contributed by atoms with Crippen molar-refractivity contribution in [1.82, 2.24) is 0 Å². The van der Waals surface area contributed by atoms with Gasteiger partial charge in [-0.05, 0) is 80.6 Å². The van der Waals surface area contributed by atoms with Crippen LogP contribution in [0.2, 0.25) is 0 Å². The SMILES string of the molecule is CC(C(=O)O)C12CC3CC(CC(c4ccc(C(=O)C(C)(C)Br)cc4)(C3)C1)C2. The number of aliphatic carboxylic acids is 1. The van der Waals surface area contributed by atoms with E-state index in [1.54, 1.807) is 0 Å². The van der Waals surface area contributed by atoms with Crippen LogP contribution in [0.25, 0.3) is 0 Å². The van der Waals surface area contributed by atoms with E-state index in [-0.39, 0.29) is 22.5 Å². The number of benzene rings is 1. The van der Waals surface area contributed by atoms with Gasteiger partial charge in [-0.15, -0.1) is 0 Å². The number of carbonyl (C=O) groups is 2. The Hall–Kier alpha value is -1.16. The number of Topliss-reactive ketones (excluding diaryl/α,β-unsaturated/α-hetero) is 1. The van der Waals surface area contributed by atoms with Gasteiger partial charge in [-0.3, -0.25) is 9.59 Å². The van der Waals surface area contributed by atoms with Crippen molar-refractivity contribution >= 4 is 27.7 Å². The zero-order valence-electron chi connectivity index (χ0n) is 16.4. The van der Waals surface area contributed by atoms with Crippen LogP contribution in [0.3, 0.4) is 0 Å². The number of halogens is 1. The van der Waals surface area contributed by atoms with Gasteiger partial charge in [-0.25, -0.2) is 0 Å². The number of alkyl halides is 1. The highest BCUT2D eigenvalue weighted by molar-refractivity contribution is 9.10. The molecule has 4 saturated carbocycles. The second-order valence-electron chi connectivity index (χ2n) is 10.0. The van der Waals surface area contributed by atoms with E-state index in [9.17, 15) is 14.7 Å². The lowest BCUT2D eigenvalue weighted by Gasteiger charge is -2.63. The Bertz CT molecular complexity index is 760. The van der Waals surface area contributed by atoms with Gasteiger partial charge >= 0.3 is 5.97 Å². The molecule has 0 aliphatic heterocycles. The summed E-state index contributed by atoms with van der Waals surface area (Å²) in [4.78, 5) is 24.4. The molecule has 4 fully saturated rings. The van der Waals surface area contributed by atoms with Crippen molar-refractivity contribution in [2.45, 2.75) is 69.0 Å². The summed E-state index contributed by atoms with van der Waals surface area (Å²) >= 11 is 3.46. The van der Waals surface area contributed by atoms with Crippen molar-refractivity contribution in [2.75, 3.05) is 0 Å². The minimum Gasteiger partial charge on any atom is -0.481 e. The van der Waals surface area contributed by atoms with Gasteiger partial charge < -0.3 is 5.11 Å². The van der Waals surface area contributed by atoms with Crippen LogP contribution in [-0.2, 0) is 10.2 Å². The first-order valence-corrected chi connectivity index (χ1v) is 10.9. The average molecular weight is 433 g/mol. The van der Waals surface area contributed by atoms with Gasteiger partial charge in [0.1, 0.15) is 0 Å². The van der Waals surface area contributed by atoms with E-state index in [4.69, 9.17) is 0 Å². The Kier molecular flexibility index (Phi) is 4.38. The number of hydrogen-bond acceptors (Lipinski definition) is 2. The van der Waals surface area contributed by atoms with Gasteiger partial charge in [0.05, 0.1) is 10.2 Å². The zero-order valence-corrected chi connectivity index (χ0v) is 18.0. The standard InChI is InChI=1S/C23H29BrO3/c1-14(20(26)27)22-9-15-8-16(10-22)12-23(11-15,13-22)18-6-4-17(5-7-18)19(25)21(2,3)24/h4-7,14-16H,8-13H2,1-3H3,(H,26,27). The second-order valence-corrected chi connectivity index (χ2v) is 12.0. The Morgan fingerprint density at radius 2 is 1.67 bits per heavy atom. The molecule has 1 aromatic carbocycles. The highest BCUT2D eigenvalue weighted by Gasteiger charge is 2.60. The molecule has 0 saturated heterocycles. The lowest BCUT2D eigenvalue weighted by molar-refractivity contribution is -0.158. The molecule has 4 bridgehead atoms. The predicted molar refractivity (Wildman–Crippen MR) is 109 cm³/mol. The molecule has 0 heterocycles. The van der Waals surface area contributed by atoms with Crippen molar-refractivity contribution in [2.24, 2.45) is 23.2 Å². The molecular formula is C23H29BrO3. The van der Waals surface area contributed by atoms with E-state index in [1.807, 2.05) is 32.9 Å². The topological polar surface area (TPSA) is 54.4 Å². The number of carbonyl (C=O) groups excluding carboxylic acids is 1. The van der Waals surface area contributed by atoms with Crippen LogP contribution in [-0.4, -0.2) is 21.2 Å². The Morgan fingerprint density at radius 3 is 2.15 bits per heavy atom. The maximum atomic E-state index is 12.5. The molecule has 3 atom stereocenters. The molecule has 0 spiro atoms. The number of carboxylic acids is 1. The molecule has 1 N–H and O–H groups in total. The first-order valence-electron chi connectivity index (χ1n) is 10.1. The summed E-state index contributed by atoms with van der Waals surface area (Å²) in [6, 6.07) is 8.20. The van der Waals surface area contributed by atoms with Gasteiger partial charge in [-0.1, -0.05) is 47.1 Å². The van der Waals surface area contributed by atoms with Crippen LogP contribution in [0.1, 0.15) is 75.2 Å². The van der Waals surface area contributed by atoms with Crippen molar-refractivity contribution in [3.63, 3.8) is 0 Å². The van der Waals surface area contributed by atoms with Gasteiger partial charge in [0.25, 0.3) is 0 Å². The van der Waals surface area contributed by atoms with Crippen molar-refractivity contribution in [3.8, 4) is 0 Å². The smallest absolute Gasteiger partial charge is 0.306 e. The Labute approximate surface area is 170 Å². The molecular weight excluding hydrogens is 404 g/mol. The van der Waals surface area contributed by atoms with E-state index in [0.717, 1.165) is 24.8 Å². The first kappa shape index (κ1) is 19.2. The summed E-state index contributed by atoms with van der Waals surface area (Å²) in [5.41, 5.74) is 2.09. The van der Waals surface area contributed by atoms with Gasteiger partial charge in [0, 0.05) is 5.56 Å². The lowest BCUT2D eigenvalue weighted by Crippen LogP contribution is -2.57. The zero-order chi connectivity index (χ0) is 19.6. The minimum atomic E-state index is -0.646.